The highest BCUT2D eigenvalue weighted by Gasteiger charge is 2.15. The second-order valence-electron chi connectivity index (χ2n) is 3.85. The van der Waals surface area contributed by atoms with Crippen LogP contribution in [-0.2, 0) is 6.54 Å². The van der Waals surface area contributed by atoms with Crippen LogP contribution < -0.4 is 5.32 Å². The molecule has 7 heteroatoms. The van der Waals surface area contributed by atoms with Gasteiger partial charge in [-0.3, -0.25) is 9.89 Å². The van der Waals surface area contributed by atoms with Gasteiger partial charge in [0.05, 0.1) is 28.9 Å². The molecule has 0 atom stereocenters. The second-order valence-corrected chi connectivity index (χ2v) is 4.80. The molecule has 0 fully saturated rings. The van der Waals surface area contributed by atoms with E-state index in [0.717, 1.165) is 16.4 Å². The molecule has 0 aliphatic rings. The van der Waals surface area contributed by atoms with Crippen molar-refractivity contribution in [2.24, 2.45) is 0 Å². The third-order valence-corrected chi connectivity index (χ3v) is 3.51. The Labute approximate surface area is 112 Å². The molecule has 3 aromatic heterocycles. The van der Waals surface area contributed by atoms with Crippen LogP contribution in [0.4, 0.5) is 0 Å². The molecule has 0 bridgehead atoms. The van der Waals surface area contributed by atoms with Gasteiger partial charge in [0.1, 0.15) is 5.82 Å². The van der Waals surface area contributed by atoms with E-state index in [9.17, 15) is 4.79 Å². The van der Waals surface area contributed by atoms with E-state index in [-0.39, 0.29) is 5.91 Å². The highest BCUT2D eigenvalue weighted by molar-refractivity contribution is 7.13. The third kappa shape index (κ3) is 2.41. The number of amides is 1. The fraction of sp³-hybridized carbons (Fsp3) is 0.0833. The molecule has 0 unspecified atom stereocenters. The van der Waals surface area contributed by atoms with Crippen LogP contribution in [0.3, 0.4) is 0 Å². The zero-order valence-corrected chi connectivity index (χ0v) is 10.7. The van der Waals surface area contributed by atoms with Gasteiger partial charge in [-0.25, -0.2) is 4.98 Å². The number of hydrogen-bond acceptors (Lipinski definition) is 4. The molecule has 96 valence electrons. The summed E-state index contributed by atoms with van der Waals surface area (Å²) in [6, 6.07) is 3.88. The number of thiophene rings is 1. The SMILES string of the molecule is O=C(NCc1ncc[nH]1)c1cn[nH]c1-c1cccs1. The van der Waals surface area contributed by atoms with Crippen molar-refractivity contribution >= 4 is 17.2 Å². The van der Waals surface area contributed by atoms with Gasteiger partial charge in [-0.15, -0.1) is 11.3 Å². The van der Waals surface area contributed by atoms with Crippen LogP contribution in [0, 0.1) is 0 Å². The van der Waals surface area contributed by atoms with Crippen LogP contribution in [0.25, 0.3) is 10.6 Å². The maximum atomic E-state index is 12.1. The molecule has 0 aromatic carbocycles. The molecular weight excluding hydrogens is 262 g/mol. The Morgan fingerprint density at radius 2 is 2.42 bits per heavy atom. The first kappa shape index (κ1) is 11.7. The lowest BCUT2D eigenvalue weighted by Crippen LogP contribution is -2.23. The Morgan fingerprint density at radius 1 is 1.47 bits per heavy atom. The van der Waals surface area contributed by atoms with Gasteiger partial charge in [-0.05, 0) is 11.4 Å². The van der Waals surface area contributed by atoms with Crippen LogP contribution in [0.5, 0.6) is 0 Å². The number of nitrogens with one attached hydrogen (secondary N) is 3. The summed E-state index contributed by atoms with van der Waals surface area (Å²) >= 11 is 1.56. The van der Waals surface area contributed by atoms with Crippen LogP contribution in [0.2, 0.25) is 0 Å². The molecule has 0 spiro atoms. The summed E-state index contributed by atoms with van der Waals surface area (Å²) in [5, 5.41) is 11.6. The molecule has 1 amide bonds. The smallest absolute Gasteiger partial charge is 0.255 e. The molecule has 0 aliphatic heterocycles. The lowest BCUT2D eigenvalue weighted by atomic mass is 10.2. The van der Waals surface area contributed by atoms with E-state index in [1.165, 1.54) is 6.20 Å². The summed E-state index contributed by atoms with van der Waals surface area (Å²) in [6.45, 7) is 0.362. The monoisotopic (exact) mass is 273 g/mol. The van der Waals surface area contributed by atoms with Crippen molar-refractivity contribution in [1.29, 1.82) is 0 Å². The van der Waals surface area contributed by atoms with Crippen molar-refractivity contribution in [3.05, 3.63) is 47.5 Å². The van der Waals surface area contributed by atoms with Crippen molar-refractivity contribution in [3.63, 3.8) is 0 Å². The van der Waals surface area contributed by atoms with Gasteiger partial charge in [-0.1, -0.05) is 6.07 Å². The van der Waals surface area contributed by atoms with Gasteiger partial charge in [0.15, 0.2) is 0 Å². The molecule has 0 saturated heterocycles. The van der Waals surface area contributed by atoms with E-state index in [2.05, 4.69) is 25.5 Å². The number of nitrogens with zero attached hydrogens (tertiary/aromatic N) is 2. The van der Waals surface area contributed by atoms with E-state index in [0.29, 0.717) is 12.1 Å². The Bertz CT molecular complexity index is 656. The summed E-state index contributed by atoms with van der Waals surface area (Å²) in [5.41, 5.74) is 1.28. The molecule has 3 heterocycles. The number of H-pyrrole nitrogens is 2. The maximum Gasteiger partial charge on any atom is 0.255 e. The molecule has 3 N–H and O–H groups in total. The minimum atomic E-state index is -0.173. The summed E-state index contributed by atoms with van der Waals surface area (Å²) in [6.07, 6.45) is 4.90. The number of rotatable bonds is 4. The van der Waals surface area contributed by atoms with Gasteiger partial charge >= 0.3 is 0 Å². The van der Waals surface area contributed by atoms with Crippen LogP contribution >= 0.6 is 11.3 Å². The highest BCUT2D eigenvalue weighted by Crippen LogP contribution is 2.25. The predicted octanol–water partition coefficient (Wildman–Crippen LogP) is 1.79. The van der Waals surface area contributed by atoms with Crippen molar-refractivity contribution in [2.45, 2.75) is 6.54 Å². The lowest BCUT2D eigenvalue weighted by molar-refractivity contribution is 0.0950. The van der Waals surface area contributed by atoms with Gasteiger partial charge in [-0.2, -0.15) is 5.10 Å². The Morgan fingerprint density at radius 3 is 3.16 bits per heavy atom. The molecule has 19 heavy (non-hydrogen) atoms. The van der Waals surface area contributed by atoms with E-state index < -0.39 is 0 Å². The normalized spacial score (nSPS) is 10.5. The molecule has 0 aliphatic carbocycles. The van der Waals surface area contributed by atoms with Gasteiger partial charge in [0.25, 0.3) is 5.91 Å². The Hall–Kier alpha value is -2.41. The summed E-state index contributed by atoms with van der Waals surface area (Å²) < 4.78 is 0. The zero-order chi connectivity index (χ0) is 13.1. The fourth-order valence-corrected chi connectivity index (χ4v) is 2.46. The number of aromatic nitrogens is 4. The van der Waals surface area contributed by atoms with Crippen molar-refractivity contribution in [2.75, 3.05) is 0 Å². The minimum absolute atomic E-state index is 0.173. The average Bonchev–Trinajstić information content (AvgIpc) is 3.14. The van der Waals surface area contributed by atoms with Crippen molar-refractivity contribution in [3.8, 4) is 10.6 Å². The third-order valence-electron chi connectivity index (χ3n) is 2.62. The number of imidazole rings is 1. The quantitative estimate of drug-likeness (QED) is 0.677. The van der Waals surface area contributed by atoms with E-state index in [1.54, 1.807) is 23.7 Å². The molecule has 0 saturated carbocycles. The standard InChI is InChI=1S/C12H11N5OS/c18-12(15-7-10-13-3-4-14-10)8-6-16-17-11(8)9-2-1-5-19-9/h1-6H,7H2,(H,13,14)(H,15,18)(H,16,17). The predicted molar refractivity (Wildman–Crippen MR) is 71.7 cm³/mol. The van der Waals surface area contributed by atoms with Crippen LogP contribution in [0.1, 0.15) is 16.2 Å². The summed E-state index contributed by atoms with van der Waals surface area (Å²) in [7, 11) is 0. The van der Waals surface area contributed by atoms with E-state index >= 15 is 0 Å². The fourth-order valence-electron chi connectivity index (χ4n) is 1.72. The largest absolute Gasteiger partial charge is 0.347 e. The Balaban J connectivity index is 1.75. The van der Waals surface area contributed by atoms with Crippen molar-refractivity contribution < 1.29 is 4.79 Å². The number of hydrogen-bond donors (Lipinski definition) is 3. The van der Waals surface area contributed by atoms with Gasteiger partial charge < -0.3 is 10.3 Å². The maximum absolute atomic E-state index is 12.1. The van der Waals surface area contributed by atoms with Crippen LogP contribution in [0.15, 0.2) is 36.1 Å². The number of aromatic amines is 2. The summed E-state index contributed by atoms with van der Waals surface area (Å²) in [4.78, 5) is 20.1. The van der Waals surface area contributed by atoms with Crippen LogP contribution in [-0.4, -0.2) is 26.1 Å². The molecule has 0 radical (unpaired) electrons. The first-order valence-electron chi connectivity index (χ1n) is 5.68. The van der Waals surface area contributed by atoms with Gasteiger partial charge in [0, 0.05) is 12.4 Å². The summed E-state index contributed by atoms with van der Waals surface area (Å²) in [5.74, 6) is 0.545. The first-order valence-corrected chi connectivity index (χ1v) is 6.56. The average molecular weight is 273 g/mol. The highest BCUT2D eigenvalue weighted by atomic mass is 32.1. The first-order chi connectivity index (χ1) is 9.34. The van der Waals surface area contributed by atoms with E-state index in [4.69, 9.17) is 0 Å². The Kier molecular flexibility index (Phi) is 3.11. The molecule has 3 aromatic rings. The minimum Gasteiger partial charge on any atom is -0.347 e. The topological polar surface area (TPSA) is 86.5 Å². The second kappa shape index (κ2) is 5.07. The zero-order valence-electron chi connectivity index (χ0n) is 9.88. The number of carbonyl (C=O) groups is 1. The molecule has 3 rings (SSSR count). The number of carbonyl (C=O) groups excluding carboxylic acids is 1. The van der Waals surface area contributed by atoms with Gasteiger partial charge in [0.2, 0.25) is 0 Å². The molecular formula is C12H11N5OS. The lowest BCUT2D eigenvalue weighted by Gasteiger charge is -2.03. The van der Waals surface area contributed by atoms with Crippen molar-refractivity contribution in [1.82, 2.24) is 25.5 Å². The molecule has 6 nitrogen and oxygen atoms in total. The van der Waals surface area contributed by atoms with E-state index in [1.807, 2.05) is 17.5 Å².